The normalized spacial score (nSPS) is 14.1. The molecule has 3 aromatic rings. The van der Waals surface area contributed by atoms with Crippen molar-refractivity contribution in [3.63, 3.8) is 0 Å². The van der Waals surface area contributed by atoms with E-state index in [4.69, 9.17) is 0 Å². The SMILES string of the molecule is O=CNCCC(F)(F)CCc1cnc2c(ccn2-c2ccc(C(=O)N3CCCC3)cc2)c1. The number of aromatic nitrogens is 2. The van der Waals surface area contributed by atoms with Crippen molar-refractivity contribution in [2.24, 2.45) is 0 Å². The van der Waals surface area contributed by atoms with E-state index in [1.165, 1.54) is 0 Å². The van der Waals surface area contributed by atoms with Crippen LogP contribution in [0, 0.1) is 0 Å². The number of hydrogen-bond acceptors (Lipinski definition) is 3. The summed E-state index contributed by atoms with van der Waals surface area (Å²) in [4.78, 5) is 29.1. The fourth-order valence-corrected chi connectivity index (χ4v) is 4.05. The van der Waals surface area contributed by atoms with Gasteiger partial charge in [-0.3, -0.25) is 9.59 Å². The van der Waals surface area contributed by atoms with Gasteiger partial charge in [0.1, 0.15) is 5.65 Å². The summed E-state index contributed by atoms with van der Waals surface area (Å²) >= 11 is 0. The average molecular weight is 440 g/mol. The Kier molecular flexibility index (Phi) is 6.48. The molecule has 0 saturated carbocycles. The van der Waals surface area contributed by atoms with E-state index in [0.29, 0.717) is 12.0 Å². The van der Waals surface area contributed by atoms with E-state index in [1.54, 1.807) is 6.20 Å². The van der Waals surface area contributed by atoms with Crippen LogP contribution in [0.4, 0.5) is 8.78 Å². The fraction of sp³-hybridized carbons (Fsp3) is 0.375. The minimum absolute atomic E-state index is 0.0426. The van der Waals surface area contributed by atoms with Gasteiger partial charge in [-0.15, -0.1) is 0 Å². The average Bonchev–Trinajstić information content (AvgIpc) is 3.47. The number of pyridine rings is 1. The maximum absolute atomic E-state index is 14.0. The van der Waals surface area contributed by atoms with E-state index in [-0.39, 0.29) is 31.7 Å². The number of carbonyl (C=O) groups excluding carboxylic acids is 2. The van der Waals surface area contributed by atoms with E-state index in [2.05, 4.69) is 10.3 Å². The van der Waals surface area contributed by atoms with Crippen molar-refractivity contribution in [2.45, 2.75) is 38.0 Å². The molecule has 1 N–H and O–H groups in total. The van der Waals surface area contributed by atoms with Gasteiger partial charge in [-0.05, 0) is 61.2 Å². The van der Waals surface area contributed by atoms with Crippen LogP contribution in [0.25, 0.3) is 16.7 Å². The standard InChI is InChI=1S/C24H26F2N4O2/c25-24(26,10-11-27-17-31)9-7-18-15-20-8-14-30(22(20)28-16-18)21-5-3-19(4-6-21)23(32)29-12-1-2-13-29/h3-6,8,14-17H,1-2,7,9-13H2,(H,27,31). The molecule has 32 heavy (non-hydrogen) atoms. The van der Waals surface area contributed by atoms with Crippen LogP contribution in [-0.4, -0.2) is 52.3 Å². The van der Waals surface area contributed by atoms with Gasteiger partial charge in [-0.2, -0.15) is 0 Å². The van der Waals surface area contributed by atoms with Gasteiger partial charge < -0.3 is 14.8 Å². The Balaban J connectivity index is 1.44. The van der Waals surface area contributed by atoms with Crippen molar-refractivity contribution in [1.82, 2.24) is 19.8 Å². The van der Waals surface area contributed by atoms with Crippen LogP contribution in [0.5, 0.6) is 0 Å². The molecule has 6 nitrogen and oxygen atoms in total. The highest BCUT2D eigenvalue weighted by molar-refractivity contribution is 5.94. The zero-order valence-corrected chi connectivity index (χ0v) is 17.8. The maximum Gasteiger partial charge on any atom is 0.253 e. The number of fused-ring (bicyclic) bond motifs is 1. The lowest BCUT2D eigenvalue weighted by atomic mass is 10.0. The molecule has 4 rings (SSSR count). The Labute approximate surface area is 185 Å². The monoisotopic (exact) mass is 440 g/mol. The molecule has 2 amide bonds. The second-order valence-electron chi connectivity index (χ2n) is 8.17. The van der Waals surface area contributed by atoms with Crippen molar-refractivity contribution in [2.75, 3.05) is 19.6 Å². The molecule has 0 radical (unpaired) electrons. The topological polar surface area (TPSA) is 67.2 Å². The minimum Gasteiger partial charge on any atom is -0.358 e. The number of amides is 2. The first-order valence-corrected chi connectivity index (χ1v) is 10.9. The number of rotatable bonds is 9. The highest BCUT2D eigenvalue weighted by atomic mass is 19.3. The number of aryl methyl sites for hydroxylation is 1. The Hall–Kier alpha value is -3.29. The fourth-order valence-electron chi connectivity index (χ4n) is 4.05. The van der Waals surface area contributed by atoms with Crippen molar-refractivity contribution < 1.29 is 18.4 Å². The molecule has 1 fully saturated rings. The number of carbonyl (C=O) groups is 2. The number of nitrogens with one attached hydrogen (secondary N) is 1. The molecule has 1 aromatic carbocycles. The summed E-state index contributed by atoms with van der Waals surface area (Å²) in [6.45, 7) is 1.59. The molecule has 1 aliphatic rings. The van der Waals surface area contributed by atoms with Gasteiger partial charge >= 0.3 is 0 Å². The van der Waals surface area contributed by atoms with Gasteiger partial charge in [0.25, 0.3) is 5.91 Å². The molecule has 8 heteroatoms. The summed E-state index contributed by atoms with van der Waals surface area (Å²) < 4.78 is 29.8. The molecular weight excluding hydrogens is 414 g/mol. The van der Waals surface area contributed by atoms with Crippen molar-refractivity contribution in [3.8, 4) is 5.69 Å². The first-order valence-electron chi connectivity index (χ1n) is 10.9. The summed E-state index contributed by atoms with van der Waals surface area (Å²) in [5.74, 6) is -2.78. The number of nitrogens with zero attached hydrogens (tertiary/aromatic N) is 3. The van der Waals surface area contributed by atoms with E-state index < -0.39 is 5.92 Å². The Bertz CT molecular complexity index is 1090. The maximum atomic E-state index is 14.0. The third-order valence-electron chi connectivity index (χ3n) is 5.87. The lowest BCUT2D eigenvalue weighted by Gasteiger charge is -2.16. The lowest BCUT2D eigenvalue weighted by Crippen LogP contribution is -2.27. The first-order chi connectivity index (χ1) is 15.5. The highest BCUT2D eigenvalue weighted by Gasteiger charge is 2.27. The van der Waals surface area contributed by atoms with Gasteiger partial charge in [-0.1, -0.05) is 0 Å². The summed E-state index contributed by atoms with van der Waals surface area (Å²) in [7, 11) is 0. The molecule has 0 aliphatic carbocycles. The lowest BCUT2D eigenvalue weighted by molar-refractivity contribution is -0.109. The van der Waals surface area contributed by atoms with Crippen LogP contribution < -0.4 is 5.32 Å². The predicted octanol–water partition coefficient (Wildman–Crippen LogP) is 3.97. The van der Waals surface area contributed by atoms with E-state index in [1.807, 2.05) is 52.1 Å². The smallest absolute Gasteiger partial charge is 0.253 e. The largest absolute Gasteiger partial charge is 0.358 e. The van der Waals surface area contributed by atoms with Crippen LogP contribution in [-0.2, 0) is 11.2 Å². The minimum atomic E-state index is -2.84. The molecule has 168 valence electrons. The van der Waals surface area contributed by atoms with Crippen molar-refractivity contribution in [3.05, 3.63) is 59.9 Å². The van der Waals surface area contributed by atoms with E-state index >= 15 is 0 Å². The number of likely N-dealkylation sites (tertiary alicyclic amines) is 1. The second-order valence-corrected chi connectivity index (χ2v) is 8.17. The van der Waals surface area contributed by atoms with Crippen LogP contribution in [0.1, 0.15) is 41.6 Å². The summed E-state index contributed by atoms with van der Waals surface area (Å²) in [6, 6.07) is 11.2. The van der Waals surface area contributed by atoms with Crippen molar-refractivity contribution in [1.29, 1.82) is 0 Å². The number of hydrogen-bond donors (Lipinski definition) is 1. The molecule has 0 atom stereocenters. The molecule has 0 bridgehead atoms. The highest BCUT2D eigenvalue weighted by Crippen LogP contribution is 2.26. The zero-order valence-electron chi connectivity index (χ0n) is 17.8. The van der Waals surface area contributed by atoms with E-state index in [9.17, 15) is 18.4 Å². The van der Waals surface area contributed by atoms with E-state index in [0.717, 1.165) is 48.2 Å². The summed E-state index contributed by atoms with van der Waals surface area (Å²) in [5.41, 5.74) is 3.03. The Morgan fingerprint density at radius 1 is 1.12 bits per heavy atom. The quantitative estimate of drug-likeness (QED) is 0.405. The number of alkyl halides is 2. The van der Waals surface area contributed by atoms with Gasteiger partial charge in [-0.25, -0.2) is 13.8 Å². The van der Waals surface area contributed by atoms with Gasteiger partial charge in [0.05, 0.1) is 0 Å². The van der Waals surface area contributed by atoms with Crippen LogP contribution in [0.15, 0.2) is 48.8 Å². The molecular formula is C24H26F2N4O2. The van der Waals surface area contributed by atoms with Crippen molar-refractivity contribution >= 4 is 23.4 Å². The molecule has 3 heterocycles. The molecule has 1 aliphatic heterocycles. The molecule has 1 saturated heterocycles. The summed E-state index contributed by atoms with van der Waals surface area (Å²) in [6.07, 6.45) is 5.58. The second kappa shape index (κ2) is 9.46. The van der Waals surface area contributed by atoms with Gasteiger partial charge in [0, 0.05) is 61.5 Å². The first kappa shape index (κ1) is 21.9. The molecule has 0 spiro atoms. The number of halogens is 2. The van der Waals surface area contributed by atoms with Crippen LogP contribution >= 0.6 is 0 Å². The molecule has 0 unspecified atom stereocenters. The Morgan fingerprint density at radius 2 is 1.88 bits per heavy atom. The number of benzene rings is 1. The van der Waals surface area contributed by atoms with Gasteiger partial charge in [0.2, 0.25) is 12.3 Å². The third kappa shape index (κ3) is 4.95. The molecule has 2 aromatic heterocycles. The third-order valence-corrected chi connectivity index (χ3v) is 5.87. The predicted molar refractivity (Wildman–Crippen MR) is 118 cm³/mol. The van der Waals surface area contributed by atoms with Crippen LogP contribution in [0.2, 0.25) is 0 Å². The van der Waals surface area contributed by atoms with Crippen LogP contribution in [0.3, 0.4) is 0 Å². The zero-order chi connectivity index (χ0) is 22.6. The summed E-state index contributed by atoms with van der Waals surface area (Å²) in [5, 5.41) is 3.14. The van der Waals surface area contributed by atoms with Gasteiger partial charge in [0.15, 0.2) is 0 Å². The Morgan fingerprint density at radius 3 is 2.59 bits per heavy atom.